The Kier molecular flexibility index (Phi) is 13.5. The summed E-state index contributed by atoms with van der Waals surface area (Å²) in [6, 6.07) is 13.4. The highest BCUT2D eigenvalue weighted by Gasteiger charge is 2.28. The molecule has 2 amide bonds. The van der Waals surface area contributed by atoms with Gasteiger partial charge < -0.3 is 25.4 Å². The fraction of sp³-hybridized carbons (Fsp3) is 0.394. The molecule has 0 spiro atoms. The largest absolute Gasteiger partial charge is 0.497 e. The molecular formula is C33H42F2N4O6S. The second-order valence-electron chi connectivity index (χ2n) is 11.0. The quantitative estimate of drug-likeness (QED) is 0.171. The Morgan fingerprint density at radius 2 is 1.57 bits per heavy atom. The molecule has 0 saturated heterocycles. The average Bonchev–Trinajstić information content (AvgIpc) is 2.99. The van der Waals surface area contributed by atoms with Gasteiger partial charge in [0.15, 0.2) is 0 Å². The van der Waals surface area contributed by atoms with Gasteiger partial charge in [-0.3, -0.25) is 14.3 Å². The van der Waals surface area contributed by atoms with Gasteiger partial charge in [0.1, 0.15) is 17.4 Å². The lowest BCUT2D eigenvalue weighted by Crippen LogP contribution is -2.49. The van der Waals surface area contributed by atoms with E-state index in [2.05, 4.69) is 15.4 Å². The van der Waals surface area contributed by atoms with Crippen molar-refractivity contribution < 1.29 is 36.6 Å². The zero-order valence-electron chi connectivity index (χ0n) is 26.5. The topological polar surface area (TPSA) is 137 Å². The molecule has 0 heterocycles. The van der Waals surface area contributed by atoms with Gasteiger partial charge in [0.25, 0.3) is 11.8 Å². The maximum absolute atomic E-state index is 14.1. The number of aliphatic hydroxyl groups excluding tert-OH is 1. The molecule has 13 heteroatoms. The van der Waals surface area contributed by atoms with E-state index in [9.17, 15) is 31.9 Å². The maximum atomic E-state index is 14.1. The Bertz CT molecular complexity index is 1580. The van der Waals surface area contributed by atoms with Crippen molar-refractivity contribution in [3.63, 3.8) is 0 Å². The molecule has 0 bridgehead atoms. The van der Waals surface area contributed by atoms with Gasteiger partial charge in [-0.2, -0.15) is 0 Å². The third kappa shape index (κ3) is 10.8. The van der Waals surface area contributed by atoms with E-state index in [1.807, 2.05) is 32.0 Å². The predicted octanol–water partition coefficient (Wildman–Crippen LogP) is 4.10. The van der Waals surface area contributed by atoms with Crippen LogP contribution in [0, 0.1) is 11.6 Å². The van der Waals surface area contributed by atoms with Crippen LogP contribution in [0.1, 0.15) is 58.5 Å². The molecule has 2 atom stereocenters. The van der Waals surface area contributed by atoms with E-state index in [1.54, 1.807) is 18.1 Å². The molecule has 0 aromatic heterocycles. The standard InChI is InChI=1S/C33H42F2N4O6S/c1-5-13-39(14-6-2)33(42)28-12-8-11-27(31(28)38-46(4,43)44)32(41)37-29(18-23-15-24(34)19-25(35)16-23)30(40)21-36-20-22-9-7-10-26(17-22)45-3/h7-12,15-17,19,29-30,36,38,40H,5-6,13-14,18,20-21H2,1-4H3,(H,37,41)/t29-,30+/m0/s1. The van der Waals surface area contributed by atoms with E-state index in [0.717, 1.165) is 30.0 Å². The second-order valence-corrected chi connectivity index (χ2v) is 12.8. The van der Waals surface area contributed by atoms with Crippen molar-refractivity contribution in [1.82, 2.24) is 15.5 Å². The molecule has 3 aromatic rings. The van der Waals surface area contributed by atoms with Crippen LogP contribution in [-0.2, 0) is 23.0 Å². The SMILES string of the molecule is CCCN(CCC)C(=O)c1cccc(C(=O)N[C@@H](Cc2cc(F)cc(F)c2)[C@H](O)CNCc2cccc(OC)c2)c1NS(C)(=O)=O. The molecule has 250 valence electrons. The van der Waals surface area contributed by atoms with Gasteiger partial charge in [-0.15, -0.1) is 0 Å². The molecule has 46 heavy (non-hydrogen) atoms. The minimum atomic E-state index is -3.94. The summed E-state index contributed by atoms with van der Waals surface area (Å²) in [6.45, 7) is 5.03. The third-order valence-corrected chi connectivity index (χ3v) is 7.65. The first kappa shape index (κ1) is 36.4. The first-order valence-electron chi connectivity index (χ1n) is 15.0. The molecular weight excluding hydrogens is 618 g/mol. The number of carbonyl (C=O) groups excluding carboxylic acids is 2. The highest BCUT2D eigenvalue weighted by Crippen LogP contribution is 2.25. The molecule has 0 aliphatic heterocycles. The zero-order chi connectivity index (χ0) is 33.9. The maximum Gasteiger partial charge on any atom is 0.256 e. The van der Waals surface area contributed by atoms with Crippen molar-refractivity contribution in [2.75, 3.05) is 37.7 Å². The molecule has 0 radical (unpaired) electrons. The summed E-state index contributed by atoms with van der Waals surface area (Å²) in [4.78, 5) is 28.9. The van der Waals surface area contributed by atoms with Gasteiger partial charge in [-0.1, -0.05) is 32.0 Å². The number of nitrogens with one attached hydrogen (secondary N) is 3. The molecule has 10 nitrogen and oxygen atoms in total. The van der Waals surface area contributed by atoms with Crippen LogP contribution in [0.5, 0.6) is 5.75 Å². The number of hydrogen-bond acceptors (Lipinski definition) is 7. The van der Waals surface area contributed by atoms with E-state index in [1.165, 1.54) is 18.2 Å². The third-order valence-electron chi connectivity index (χ3n) is 7.08. The van der Waals surface area contributed by atoms with Crippen LogP contribution >= 0.6 is 0 Å². The summed E-state index contributed by atoms with van der Waals surface area (Å²) in [5.41, 5.74) is 0.687. The van der Waals surface area contributed by atoms with Crippen LogP contribution < -0.4 is 20.1 Å². The zero-order valence-corrected chi connectivity index (χ0v) is 27.3. The Morgan fingerprint density at radius 3 is 2.17 bits per heavy atom. The van der Waals surface area contributed by atoms with Crippen LogP contribution in [0.25, 0.3) is 0 Å². The number of methoxy groups -OCH3 is 1. The summed E-state index contributed by atoms with van der Waals surface area (Å²) in [6.07, 6.45) is 0.850. The van der Waals surface area contributed by atoms with Crippen molar-refractivity contribution in [1.29, 1.82) is 0 Å². The van der Waals surface area contributed by atoms with Crippen molar-refractivity contribution >= 4 is 27.5 Å². The fourth-order valence-corrected chi connectivity index (χ4v) is 5.63. The van der Waals surface area contributed by atoms with E-state index >= 15 is 0 Å². The van der Waals surface area contributed by atoms with Gasteiger partial charge in [0.2, 0.25) is 10.0 Å². The molecule has 3 rings (SSSR count). The second kappa shape index (κ2) is 17.0. The Balaban J connectivity index is 1.94. The number of carbonyl (C=O) groups is 2. The lowest BCUT2D eigenvalue weighted by molar-refractivity contribution is 0.0756. The summed E-state index contributed by atoms with van der Waals surface area (Å²) >= 11 is 0. The van der Waals surface area contributed by atoms with Crippen LogP contribution in [0.3, 0.4) is 0 Å². The number of anilines is 1. The van der Waals surface area contributed by atoms with Gasteiger partial charge in [0.05, 0.1) is 42.3 Å². The van der Waals surface area contributed by atoms with E-state index < -0.39 is 45.6 Å². The number of rotatable bonds is 17. The Morgan fingerprint density at radius 1 is 0.935 bits per heavy atom. The number of nitrogens with zero attached hydrogens (tertiary/aromatic N) is 1. The van der Waals surface area contributed by atoms with Crippen molar-refractivity contribution in [3.8, 4) is 5.75 Å². The monoisotopic (exact) mass is 660 g/mol. The van der Waals surface area contributed by atoms with Crippen LogP contribution in [0.15, 0.2) is 60.7 Å². The van der Waals surface area contributed by atoms with E-state index in [4.69, 9.17) is 4.74 Å². The molecule has 0 unspecified atom stereocenters. The number of halogens is 2. The minimum Gasteiger partial charge on any atom is -0.497 e. The van der Waals surface area contributed by atoms with Gasteiger partial charge in [0, 0.05) is 32.2 Å². The summed E-state index contributed by atoms with van der Waals surface area (Å²) in [5, 5.41) is 17.0. The first-order valence-corrected chi connectivity index (χ1v) is 16.9. The van der Waals surface area contributed by atoms with E-state index in [0.29, 0.717) is 38.2 Å². The number of aliphatic hydroxyl groups is 1. The van der Waals surface area contributed by atoms with Crippen LogP contribution in [-0.4, -0.2) is 75.4 Å². The Hall–Kier alpha value is -4.07. The summed E-state index contributed by atoms with van der Waals surface area (Å²) < 4.78 is 60.4. The van der Waals surface area contributed by atoms with Crippen molar-refractivity contribution in [2.24, 2.45) is 0 Å². The smallest absolute Gasteiger partial charge is 0.256 e. The number of hydrogen-bond donors (Lipinski definition) is 4. The molecule has 0 saturated carbocycles. The Labute approximate surface area is 269 Å². The molecule has 0 fully saturated rings. The number of amides is 2. The van der Waals surface area contributed by atoms with Crippen LogP contribution in [0.4, 0.5) is 14.5 Å². The van der Waals surface area contributed by atoms with Gasteiger partial charge in [-0.05, 0) is 66.8 Å². The van der Waals surface area contributed by atoms with Gasteiger partial charge in [-0.25, -0.2) is 17.2 Å². The predicted molar refractivity (Wildman–Crippen MR) is 173 cm³/mol. The highest BCUT2D eigenvalue weighted by molar-refractivity contribution is 7.92. The molecule has 0 aliphatic carbocycles. The lowest BCUT2D eigenvalue weighted by atomic mass is 9.99. The fourth-order valence-electron chi connectivity index (χ4n) is 5.04. The lowest BCUT2D eigenvalue weighted by Gasteiger charge is -2.26. The normalized spacial score (nSPS) is 12.7. The van der Waals surface area contributed by atoms with Crippen molar-refractivity contribution in [2.45, 2.75) is 51.8 Å². The number of sulfonamides is 1. The number of para-hydroxylation sites is 1. The number of benzene rings is 3. The van der Waals surface area contributed by atoms with E-state index in [-0.39, 0.29) is 35.3 Å². The summed E-state index contributed by atoms with van der Waals surface area (Å²) in [5.74, 6) is -2.23. The number of ether oxygens (including phenoxy) is 1. The highest BCUT2D eigenvalue weighted by atomic mass is 32.2. The first-order chi connectivity index (χ1) is 21.8. The molecule has 3 aromatic carbocycles. The van der Waals surface area contributed by atoms with Crippen LogP contribution in [0.2, 0.25) is 0 Å². The van der Waals surface area contributed by atoms with Crippen molar-refractivity contribution in [3.05, 3.63) is 94.6 Å². The summed E-state index contributed by atoms with van der Waals surface area (Å²) in [7, 11) is -2.39. The minimum absolute atomic E-state index is 0.00997. The molecule has 0 aliphatic rings. The molecule has 4 N–H and O–H groups in total. The average molecular weight is 661 g/mol. The van der Waals surface area contributed by atoms with Gasteiger partial charge >= 0.3 is 0 Å².